The highest BCUT2D eigenvalue weighted by Crippen LogP contribution is 2.20. The Morgan fingerprint density at radius 2 is 2.31 bits per heavy atom. The number of hydrogen-bond donors (Lipinski definition) is 0. The summed E-state index contributed by atoms with van der Waals surface area (Å²) >= 11 is 5.77. The Labute approximate surface area is 82.6 Å². The van der Waals surface area contributed by atoms with Crippen LogP contribution < -0.4 is 4.74 Å². The summed E-state index contributed by atoms with van der Waals surface area (Å²) in [6, 6.07) is 3.58. The Morgan fingerprint density at radius 1 is 1.46 bits per heavy atom. The van der Waals surface area contributed by atoms with Crippen LogP contribution in [0.3, 0.4) is 0 Å². The minimum atomic E-state index is 0.403. The van der Waals surface area contributed by atoms with E-state index in [1.54, 1.807) is 25.4 Å². The second-order valence-electron chi connectivity index (χ2n) is 2.49. The van der Waals surface area contributed by atoms with Gasteiger partial charge in [0.05, 0.1) is 6.61 Å². The van der Waals surface area contributed by atoms with E-state index in [1.165, 1.54) is 0 Å². The fourth-order valence-electron chi connectivity index (χ4n) is 0.864. The van der Waals surface area contributed by atoms with Gasteiger partial charge in [-0.3, -0.25) is 0 Å². The van der Waals surface area contributed by atoms with Gasteiger partial charge in [0.15, 0.2) is 10.9 Å². The van der Waals surface area contributed by atoms with Crippen molar-refractivity contribution in [1.29, 1.82) is 0 Å². The first-order valence-corrected chi connectivity index (χ1v) is 4.44. The highest BCUT2D eigenvalue weighted by atomic mass is 35.5. The smallest absolute Gasteiger partial charge is 0.171 e. The summed E-state index contributed by atoms with van der Waals surface area (Å²) in [6.45, 7) is 1.29. The molecule has 0 saturated heterocycles. The minimum absolute atomic E-state index is 0.403. The first-order chi connectivity index (χ1) is 6.34. The lowest BCUT2D eigenvalue weighted by atomic mass is 10.4. The Hall–Kier alpha value is -0.800. The lowest BCUT2D eigenvalue weighted by molar-refractivity contribution is 0.172. The van der Waals surface area contributed by atoms with Crippen molar-refractivity contribution in [3.8, 4) is 5.75 Å². The number of ether oxygens (including phenoxy) is 2. The number of halogens is 1. The predicted octanol–water partition coefficient (Wildman–Crippen LogP) is 2.15. The fourth-order valence-corrected chi connectivity index (χ4v) is 1.04. The van der Waals surface area contributed by atoms with Gasteiger partial charge in [0.1, 0.15) is 0 Å². The quantitative estimate of drug-likeness (QED) is 0.541. The summed E-state index contributed by atoms with van der Waals surface area (Å²) in [5.74, 6) is 0.625. The first-order valence-electron chi connectivity index (χ1n) is 4.07. The molecule has 1 rings (SSSR count). The van der Waals surface area contributed by atoms with Crippen molar-refractivity contribution in [1.82, 2.24) is 4.98 Å². The third kappa shape index (κ3) is 3.61. The van der Waals surface area contributed by atoms with Crippen LogP contribution in [0.25, 0.3) is 0 Å². The summed E-state index contributed by atoms with van der Waals surface area (Å²) in [5, 5.41) is 0.403. The molecule has 13 heavy (non-hydrogen) atoms. The van der Waals surface area contributed by atoms with Crippen LogP contribution in [-0.4, -0.2) is 25.3 Å². The molecule has 4 heteroatoms. The van der Waals surface area contributed by atoms with Crippen LogP contribution in [0, 0.1) is 0 Å². The molecule has 0 N–H and O–H groups in total. The van der Waals surface area contributed by atoms with Crippen LogP contribution in [0.4, 0.5) is 0 Å². The Balaban J connectivity index is 2.32. The van der Waals surface area contributed by atoms with Crippen LogP contribution in [-0.2, 0) is 4.74 Å². The molecular formula is C9H12ClNO2. The Bertz CT molecular complexity index is 255. The van der Waals surface area contributed by atoms with E-state index < -0.39 is 0 Å². The number of methoxy groups -OCH3 is 1. The predicted molar refractivity (Wildman–Crippen MR) is 51.2 cm³/mol. The SMILES string of the molecule is COCCCOc1cccnc1Cl. The molecule has 0 atom stereocenters. The average molecular weight is 202 g/mol. The summed E-state index contributed by atoms with van der Waals surface area (Å²) in [6.07, 6.45) is 2.48. The van der Waals surface area contributed by atoms with Gasteiger partial charge in [0, 0.05) is 26.3 Å². The van der Waals surface area contributed by atoms with Crippen molar-refractivity contribution in [3.63, 3.8) is 0 Å². The van der Waals surface area contributed by atoms with E-state index in [2.05, 4.69) is 4.98 Å². The van der Waals surface area contributed by atoms with E-state index in [9.17, 15) is 0 Å². The minimum Gasteiger partial charge on any atom is -0.490 e. The molecule has 72 valence electrons. The van der Waals surface area contributed by atoms with E-state index in [0.717, 1.165) is 6.42 Å². The molecule has 0 radical (unpaired) electrons. The second kappa shape index (κ2) is 5.78. The van der Waals surface area contributed by atoms with E-state index in [4.69, 9.17) is 21.1 Å². The summed E-state index contributed by atoms with van der Waals surface area (Å²) < 4.78 is 10.2. The standard InChI is InChI=1S/C9H12ClNO2/c1-12-6-3-7-13-8-4-2-5-11-9(8)10/h2,4-5H,3,6-7H2,1H3. The van der Waals surface area contributed by atoms with Crippen LogP contribution >= 0.6 is 11.6 Å². The van der Waals surface area contributed by atoms with Crippen molar-refractivity contribution in [2.24, 2.45) is 0 Å². The Kier molecular flexibility index (Phi) is 4.57. The van der Waals surface area contributed by atoms with Crippen molar-refractivity contribution < 1.29 is 9.47 Å². The molecule has 0 aromatic carbocycles. The molecule has 0 unspecified atom stereocenters. The lowest BCUT2D eigenvalue weighted by Crippen LogP contribution is -2.01. The zero-order valence-electron chi connectivity index (χ0n) is 7.50. The highest BCUT2D eigenvalue weighted by Gasteiger charge is 1.99. The van der Waals surface area contributed by atoms with Gasteiger partial charge in [0.25, 0.3) is 0 Å². The molecule has 0 aliphatic carbocycles. The van der Waals surface area contributed by atoms with Gasteiger partial charge >= 0.3 is 0 Å². The summed E-state index contributed by atoms with van der Waals surface area (Å²) in [7, 11) is 1.66. The molecule has 0 aliphatic heterocycles. The third-order valence-corrected chi connectivity index (χ3v) is 1.76. The normalized spacial score (nSPS) is 10.0. The zero-order chi connectivity index (χ0) is 9.52. The van der Waals surface area contributed by atoms with Gasteiger partial charge < -0.3 is 9.47 Å². The molecule has 0 aliphatic rings. The van der Waals surface area contributed by atoms with E-state index >= 15 is 0 Å². The molecule has 0 fully saturated rings. The van der Waals surface area contributed by atoms with Crippen molar-refractivity contribution in [2.75, 3.05) is 20.3 Å². The molecule has 0 saturated carbocycles. The number of rotatable bonds is 5. The van der Waals surface area contributed by atoms with Gasteiger partial charge in [-0.15, -0.1) is 0 Å². The fraction of sp³-hybridized carbons (Fsp3) is 0.444. The molecule has 0 bridgehead atoms. The molecule has 0 spiro atoms. The lowest BCUT2D eigenvalue weighted by Gasteiger charge is -2.05. The van der Waals surface area contributed by atoms with Crippen molar-refractivity contribution in [3.05, 3.63) is 23.5 Å². The van der Waals surface area contributed by atoms with Crippen LogP contribution in [0.5, 0.6) is 5.75 Å². The number of aromatic nitrogens is 1. The molecule has 0 amide bonds. The number of nitrogens with zero attached hydrogens (tertiary/aromatic N) is 1. The van der Waals surface area contributed by atoms with E-state index in [0.29, 0.717) is 24.1 Å². The van der Waals surface area contributed by atoms with Gasteiger partial charge in [-0.05, 0) is 12.1 Å². The highest BCUT2D eigenvalue weighted by molar-refractivity contribution is 6.30. The van der Waals surface area contributed by atoms with E-state index in [-0.39, 0.29) is 0 Å². The average Bonchev–Trinajstić information content (AvgIpc) is 2.15. The maximum atomic E-state index is 5.77. The summed E-state index contributed by atoms with van der Waals surface area (Å²) in [5.41, 5.74) is 0. The monoisotopic (exact) mass is 201 g/mol. The zero-order valence-corrected chi connectivity index (χ0v) is 8.25. The molecule has 1 aromatic heterocycles. The molecular weight excluding hydrogens is 190 g/mol. The third-order valence-electron chi connectivity index (χ3n) is 1.48. The van der Waals surface area contributed by atoms with Crippen molar-refractivity contribution >= 4 is 11.6 Å². The largest absolute Gasteiger partial charge is 0.490 e. The second-order valence-corrected chi connectivity index (χ2v) is 2.85. The van der Waals surface area contributed by atoms with Gasteiger partial charge in [-0.25, -0.2) is 4.98 Å². The molecule has 1 heterocycles. The maximum Gasteiger partial charge on any atom is 0.171 e. The molecule has 1 aromatic rings. The van der Waals surface area contributed by atoms with Gasteiger partial charge in [-0.2, -0.15) is 0 Å². The Morgan fingerprint density at radius 3 is 3.00 bits per heavy atom. The number of pyridine rings is 1. The summed E-state index contributed by atoms with van der Waals surface area (Å²) in [4.78, 5) is 3.89. The number of hydrogen-bond acceptors (Lipinski definition) is 3. The first kappa shape index (κ1) is 10.3. The topological polar surface area (TPSA) is 31.4 Å². The van der Waals surface area contributed by atoms with E-state index in [1.807, 2.05) is 0 Å². The van der Waals surface area contributed by atoms with Crippen LogP contribution in [0.2, 0.25) is 5.15 Å². The van der Waals surface area contributed by atoms with Crippen LogP contribution in [0.1, 0.15) is 6.42 Å². The molecule has 3 nitrogen and oxygen atoms in total. The van der Waals surface area contributed by atoms with Crippen molar-refractivity contribution in [2.45, 2.75) is 6.42 Å². The van der Waals surface area contributed by atoms with Gasteiger partial charge in [0.2, 0.25) is 0 Å². The van der Waals surface area contributed by atoms with Crippen LogP contribution in [0.15, 0.2) is 18.3 Å². The van der Waals surface area contributed by atoms with Gasteiger partial charge in [-0.1, -0.05) is 11.6 Å². The maximum absolute atomic E-state index is 5.77.